The molecule has 0 aliphatic heterocycles. The van der Waals surface area contributed by atoms with E-state index in [2.05, 4.69) is 5.32 Å². The van der Waals surface area contributed by atoms with Gasteiger partial charge in [0.15, 0.2) is 0 Å². The van der Waals surface area contributed by atoms with Crippen LogP contribution in [0.3, 0.4) is 0 Å². The van der Waals surface area contributed by atoms with Crippen LogP contribution in [0, 0.1) is 5.92 Å². The van der Waals surface area contributed by atoms with Gasteiger partial charge in [-0.1, -0.05) is 19.1 Å². The van der Waals surface area contributed by atoms with Gasteiger partial charge < -0.3 is 10.4 Å². The second-order valence-electron chi connectivity index (χ2n) is 4.79. The second kappa shape index (κ2) is 9.00. The van der Waals surface area contributed by atoms with Gasteiger partial charge >= 0.3 is 5.97 Å². The lowest BCUT2D eigenvalue weighted by Crippen LogP contribution is -2.34. The number of rotatable bonds is 8. The highest BCUT2D eigenvalue weighted by Gasteiger charge is 2.21. The van der Waals surface area contributed by atoms with Crippen molar-refractivity contribution in [2.45, 2.75) is 24.3 Å². The molecule has 2 atom stereocenters. The first kappa shape index (κ1) is 17.9. The third-order valence-corrected chi connectivity index (χ3v) is 4.65. The van der Waals surface area contributed by atoms with Gasteiger partial charge in [0.05, 0.1) is 12.5 Å². The number of hydrogen-bond donors (Lipinski definition) is 2. The van der Waals surface area contributed by atoms with Crippen LogP contribution in [-0.2, 0) is 9.59 Å². The maximum atomic E-state index is 12.1. The first-order valence-corrected chi connectivity index (χ1v) is 9.24. The Bertz CT molecular complexity index is 476. The summed E-state index contributed by atoms with van der Waals surface area (Å²) >= 11 is 3.22. The molecule has 1 amide bonds. The molecule has 4 nitrogen and oxygen atoms in total. The number of amides is 1. The maximum Gasteiger partial charge on any atom is 0.305 e. The summed E-state index contributed by atoms with van der Waals surface area (Å²) in [7, 11) is 0. The lowest BCUT2D eigenvalue weighted by atomic mass is 10.0. The predicted octanol–water partition coefficient (Wildman–Crippen LogP) is 3.04. The normalized spacial score (nSPS) is 13.5. The van der Waals surface area contributed by atoms with E-state index in [9.17, 15) is 9.59 Å². The highest BCUT2D eigenvalue weighted by molar-refractivity contribution is 7.98. The summed E-state index contributed by atoms with van der Waals surface area (Å²) in [4.78, 5) is 24.2. The van der Waals surface area contributed by atoms with Crippen LogP contribution >= 0.6 is 23.5 Å². The minimum absolute atomic E-state index is 0.107. The number of thioether (sulfide) groups is 2. The van der Waals surface area contributed by atoms with Crippen LogP contribution < -0.4 is 5.32 Å². The summed E-state index contributed by atoms with van der Waals surface area (Å²) in [5, 5.41) is 11.9. The van der Waals surface area contributed by atoms with Crippen LogP contribution in [0.15, 0.2) is 29.2 Å². The molecule has 2 unspecified atom stereocenters. The van der Waals surface area contributed by atoms with Gasteiger partial charge in [-0.25, -0.2) is 0 Å². The second-order valence-corrected chi connectivity index (χ2v) is 6.58. The van der Waals surface area contributed by atoms with Crippen molar-refractivity contribution in [2.75, 3.05) is 18.3 Å². The van der Waals surface area contributed by atoms with Gasteiger partial charge in [0.25, 0.3) is 0 Å². The Morgan fingerprint density at radius 2 is 1.86 bits per heavy atom. The predicted molar refractivity (Wildman–Crippen MR) is 88.9 cm³/mol. The fourth-order valence-corrected chi connectivity index (χ4v) is 2.96. The van der Waals surface area contributed by atoms with E-state index in [-0.39, 0.29) is 18.2 Å². The van der Waals surface area contributed by atoms with E-state index in [1.807, 2.05) is 43.7 Å². The van der Waals surface area contributed by atoms with Crippen LogP contribution in [0.2, 0.25) is 0 Å². The largest absolute Gasteiger partial charge is 0.481 e. The van der Waals surface area contributed by atoms with Crippen LogP contribution in [0.25, 0.3) is 0 Å². The van der Waals surface area contributed by atoms with E-state index in [0.29, 0.717) is 0 Å². The lowest BCUT2D eigenvalue weighted by molar-refractivity contribution is -0.137. The zero-order valence-corrected chi connectivity index (χ0v) is 14.1. The Labute approximate surface area is 134 Å². The van der Waals surface area contributed by atoms with Gasteiger partial charge in [0.1, 0.15) is 0 Å². The van der Waals surface area contributed by atoms with Crippen molar-refractivity contribution < 1.29 is 14.7 Å². The molecule has 1 aromatic carbocycles. The minimum Gasteiger partial charge on any atom is -0.481 e. The number of carbonyl (C=O) groups excluding carboxylic acids is 1. The van der Waals surface area contributed by atoms with Crippen LogP contribution in [0.5, 0.6) is 0 Å². The van der Waals surface area contributed by atoms with Crippen molar-refractivity contribution in [2.24, 2.45) is 5.92 Å². The number of aliphatic carboxylic acids is 1. The van der Waals surface area contributed by atoms with Gasteiger partial charge in [-0.15, -0.1) is 11.8 Å². The molecule has 116 valence electrons. The van der Waals surface area contributed by atoms with Crippen molar-refractivity contribution in [1.82, 2.24) is 5.32 Å². The molecule has 0 bridgehead atoms. The molecule has 0 aliphatic carbocycles. The van der Waals surface area contributed by atoms with Crippen LogP contribution in [0.4, 0.5) is 0 Å². The van der Waals surface area contributed by atoms with E-state index in [1.165, 1.54) is 0 Å². The number of carbonyl (C=O) groups is 2. The van der Waals surface area contributed by atoms with Gasteiger partial charge in [-0.05, 0) is 30.2 Å². The van der Waals surface area contributed by atoms with Crippen molar-refractivity contribution in [1.29, 1.82) is 0 Å². The number of benzene rings is 1. The SMILES string of the molecule is CSCC(C)C(=O)NC(CC(=O)O)c1ccc(SC)cc1. The third kappa shape index (κ3) is 6.01. The van der Waals surface area contributed by atoms with E-state index in [0.717, 1.165) is 16.2 Å². The average Bonchev–Trinajstić information content (AvgIpc) is 2.46. The minimum atomic E-state index is -0.924. The van der Waals surface area contributed by atoms with Gasteiger partial charge in [-0.2, -0.15) is 11.8 Å². The monoisotopic (exact) mass is 327 g/mol. The number of carboxylic acids is 1. The molecule has 0 saturated carbocycles. The smallest absolute Gasteiger partial charge is 0.305 e. The first-order valence-electron chi connectivity index (χ1n) is 6.63. The molecule has 21 heavy (non-hydrogen) atoms. The molecular formula is C15H21NO3S2. The van der Waals surface area contributed by atoms with Crippen molar-refractivity contribution in [3.8, 4) is 0 Å². The Morgan fingerprint density at radius 3 is 2.33 bits per heavy atom. The van der Waals surface area contributed by atoms with Crippen LogP contribution in [-0.4, -0.2) is 35.2 Å². The Morgan fingerprint density at radius 1 is 1.24 bits per heavy atom. The zero-order valence-electron chi connectivity index (χ0n) is 12.5. The topological polar surface area (TPSA) is 66.4 Å². The molecule has 0 heterocycles. The highest BCUT2D eigenvalue weighted by Crippen LogP contribution is 2.22. The molecule has 1 aromatic rings. The van der Waals surface area contributed by atoms with Crippen molar-refractivity contribution >= 4 is 35.4 Å². The summed E-state index contributed by atoms with van der Waals surface area (Å²) in [6.45, 7) is 1.85. The first-order chi connectivity index (χ1) is 9.97. The molecule has 0 spiro atoms. The van der Waals surface area contributed by atoms with Crippen LogP contribution in [0.1, 0.15) is 24.9 Å². The van der Waals surface area contributed by atoms with E-state index < -0.39 is 12.0 Å². The molecule has 2 N–H and O–H groups in total. The average molecular weight is 327 g/mol. The summed E-state index contributed by atoms with van der Waals surface area (Å²) in [5.74, 6) is -0.449. The number of hydrogen-bond acceptors (Lipinski definition) is 4. The Balaban J connectivity index is 2.84. The number of nitrogens with one attached hydrogen (secondary N) is 1. The molecule has 6 heteroatoms. The van der Waals surface area contributed by atoms with Gasteiger partial charge in [-0.3, -0.25) is 9.59 Å². The maximum absolute atomic E-state index is 12.1. The quantitative estimate of drug-likeness (QED) is 0.718. The van der Waals surface area contributed by atoms with Gasteiger partial charge in [0, 0.05) is 16.6 Å². The lowest BCUT2D eigenvalue weighted by Gasteiger charge is -2.20. The summed E-state index contributed by atoms with van der Waals surface area (Å²) in [6, 6.07) is 7.13. The van der Waals surface area contributed by atoms with E-state index in [4.69, 9.17) is 5.11 Å². The highest BCUT2D eigenvalue weighted by atomic mass is 32.2. The molecule has 0 radical (unpaired) electrons. The molecule has 1 rings (SSSR count). The molecule has 0 aromatic heterocycles. The fraction of sp³-hybridized carbons (Fsp3) is 0.467. The molecule has 0 fully saturated rings. The van der Waals surface area contributed by atoms with Crippen molar-refractivity contribution in [3.05, 3.63) is 29.8 Å². The Kier molecular flexibility index (Phi) is 7.67. The van der Waals surface area contributed by atoms with E-state index in [1.54, 1.807) is 23.5 Å². The zero-order chi connectivity index (χ0) is 15.8. The summed E-state index contributed by atoms with van der Waals surface area (Å²) in [6.07, 6.45) is 3.81. The van der Waals surface area contributed by atoms with Crippen molar-refractivity contribution in [3.63, 3.8) is 0 Å². The number of carboxylic acid groups (broad SMARTS) is 1. The Hall–Kier alpha value is -1.14. The molecule has 0 saturated heterocycles. The summed E-state index contributed by atoms with van der Waals surface area (Å²) in [5.41, 5.74) is 0.819. The standard InChI is InChI=1S/C15H21NO3S2/c1-10(9-20-2)15(19)16-13(8-14(17)18)11-4-6-12(21-3)7-5-11/h4-7,10,13H,8-9H2,1-3H3,(H,16,19)(H,17,18). The van der Waals surface area contributed by atoms with Gasteiger partial charge in [0.2, 0.25) is 5.91 Å². The third-order valence-electron chi connectivity index (χ3n) is 3.08. The fourth-order valence-electron chi connectivity index (χ4n) is 1.90. The molecule has 0 aliphatic rings. The van der Waals surface area contributed by atoms with E-state index >= 15 is 0 Å². The summed E-state index contributed by atoms with van der Waals surface area (Å²) < 4.78 is 0. The molecular weight excluding hydrogens is 306 g/mol.